The van der Waals surface area contributed by atoms with Gasteiger partial charge in [0.05, 0.1) is 35.4 Å². The van der Waals surface area contributed by atoms with E-state index in [-0.39, 0.29) is 28.7 Å². The van der Waals surface area contributed by atoms with Gasteiger partial charge in [-0.05, 0) is 19.1 Å². The molecule has 0 spiro atoms. The monoisotopic (exact) mass is 481 g/mol. The van der Waals surface area contributed by atoms with Gasteiger partial charge in [0, 0.05) is 60.9 Å². The maximum absolute atomic E-state index is 13.4. The predicted molar refractivity (Wildman–Crippen MR) is 136 cm³/mol. The van der Waals surface area contributed by atoms with E-state index in [9.17, 15) is 9.59 Å². The molecule has 0 unspecified atom stereocenters. The molecule has 0 amide bonds. The molecule has 8 rings (SSSR count). The lowest BCUT2D eigenvalue weighted by molar-refractivity contribution is -0.154. The standard InChI is InChI=1S/C28H25N4O4/c1-28-7-4-8-31-19-9-14(33)10-21(34)24(19)23-18-13-30-12-17(18)22-16-6-5-15(36-28)11-20(16)32(29-2,27(28)35-3)26(22)25(23)31/h4-7,9,12-13,15,27,29H,8,10-11H2,1-3H3/q+1/b7-4-/t15-,27+,28-,32+/m0/s1. The number of methoxy groups -OCH3 is 1. The van der Waals surface area contributed by atoms with Gasteiger partial charge in [-0.1, -0.05) is 12.2 Å². The van der Waals surface area contributed by atoms with Crippen LogP contribution in [-0.2, 0) is 20.8 Å². The van der Waals surface area contributed by atoms with Crippen LogP contribution in [0.3, 0.4) is 0 Å². The summed E-state index contributed by atoms with van der Waals surface area (Å²) in [5.41, 5.74) is 9.95. The zero-order chi connectivity index (χ0) is 24.6. The van der Waals surface area contributed by atoms with Gasteiger partial charge in [0.25, 0.3) is 6.23 Å². The average Bonchev–Trinajstić information content (AvgIpc) is 3.50. The number of aliphatic imine (C=N–C) groups is 1. The lowest BCUT2D eigenvalue weighted by Gasteiger charge is -2.44. The molecule has 180 valence electrons. The molecule has 0 radical (unpaired) electrons. The van der Waals surface area contributed by atoms with E-state index >= 15 is 0 Å². The van der Waals surface area contributed by atoms with Crippen LogP contribution < -0.4 is 20.6 Å². The Balaban J connectivity index is 1.69. The molecule has 4 atom stereocenters. The number of benzene rings is 1. The first-order valence-corrected chi connectivity index (χ1v) is 12.3. The van der Waals surface area contributed by atoms with Crippen molar-refractivity contribution in [3.63, 3.8) is 0 Å². The first-order chi connectivity index (χ1) is 17.4. The Morgan fingerprint density at radius 1 is 1.31 bits per heavy atom. The first-order valence-electron chi connectivity index (χ1n) is 12.3. The summed E-state index contributed by atoms with van der Waals surface area (Å²) < 4.78 is 15.5. The number of rotatable bonds is 2. The fraction of sp³-hybridized carbons (Fsp3) is 0.321. The minimum absolute atomic E-state index is 0.0885. The van der Waals surface area contributed by atoms with Crippen molar-refractivity contribution in [1.82, 2.24) is 14.6 Å². The fourth-order valence-electron chi connectivity index (χ4n) is 7.55. The SMILES string of the molecule is CN[N@+]12C3=C4C=C[C@@H](C3)O[C@@](C)(/C=C\Cn3c5c(c6c7c(c4c1c63)C=NC=7)C(=O)CC(=O)C=5)[C@H]2OC. The highest BCUT2D eigenvalue weighted by Crippen LogP contribution is 2.57. The Hall–Kier alpha value is -3.43. The molecule has 6 aliphatic rings. The predicted octanol–water partition coefficient (Wildman–Crippen LogP) is 1.57. The third-order valence-electron chi connectivity index (χ3n) is 8.70. The molecule has 2 aliphatic carbocycles. The van der Waals surface area contributed by atoms with E-state index in [0.29, 0.717) is 23.9 Å². The van der Waals surface area contributed by atoms with Gasteiger partial charge >= 0.3 is 0 Å². The maximum Gasteiger partial charge on any atom is 0.253 e. The Bertz CT molecular complexity index is 1740. The third-order valence-corrected chi connectivity index (χ3v) is 8.70. The highest BCUT2D eigenvalue weighted by atomic mass is 16.6. The van der Waals surface area contributed by atoms with Crippen LogP contribution in [0.4, 0.5) is 5.69 Å². The lowest BCUT2D eigenvalue weighted by Crippen LogP contribution is -2.69. The van der Waals surface area contributed by atoms with Crippen LogP contribution in [-0.4, -0.2) is 54.4 Å². The summed E-state index contributed by atoms with van der Waals surface area (Å²) in [5.74, 6) is -0.297. The summed E-state index contributed by atoms with van der Waals surface area (Å²) in [7, 11) is 3.69. The molecule has 4 aliphatic heterocycles. The first kappa shape index (κ1) is 20.7. The van der Waals surface area contributed by atoms with Crippen molar-refractivity contribution in [2.45, 2.75) is 44.2 Å². The van der Waals surface area contributed by atoms with E-state index in [2.05, 4.69) is 46.2 Å². The van der Waals surface area contributed by atoms with Gasteiger partial charge in [0.15, 0.2) is 22.9 Å². The Morgan fingerprint density at radius 2 is 2.17 bits per heavy atom. The van der Waals surface area contributed by atoms with Crippen LogP contribution in [0.15, 0.2) is 35.0 Å². The van der Waals surface area contributed by atoms with Gasteiger partial charge in [-0.15, -0.1) is 0 Å². The lowest BCUT2D eigenvalue weighted by atomic mass is 9.90. The summed E-state index contributed by atoms with van der Waals surface area (Å²) in [4.78, 5) is 30.6. The second kappa shape index (κ2) is 6.46. The molecule has 1 fully saturated rings. The maximum atomic E-state index is 13.4. The number of hydrogen-bond acceptors (Lipinski definition) is 6. The molecule has 5 heterocycles. The van der Waals surface area contributed by atoms with E-state index in [1.807, 2.05) is 19.5 Å². The number of Topliss-reactive ketones (excluding diaryl/α,β-unsaturated/α-hetero) is 2. The van der Waals surface area contributed by atoms with Crippen molar-refractivity contribution in [2.75, 3.05) is 14.2 Å². The molecule has 1 N–H and O–H groups in total. The van der Waals surface area contributed by atoms with Crippen LogP contribution in [0.5, 0.6) is 0 Å². The Kier molecular flexibility index (Phi) is 3.72. The summed E-state index contributed by atoms with van der Waals surface area (Å²) in [5, 5.41) is 2.49. The van der Waals surface area contributed by atoms with E-state index in [0.717, 1.165) is 38.5 Å². The molecule has 8 heteroatoms. The summed E-state index contributed by atoms with van der Waals surface area (Å²) >= 11 is 0. The topological polar surface area (TPSA) is 81.9 Å². The average molecular weight is 482 g/mol. The minimum atomic E-state index is -0.753. The van der Waals surface area contributed by atoms with Crippen LogP contribution in [0.2, 0.25) is 0 Å². The van der Waals surface area contributed by atoms with E-state index in [4.69, 9.17) is 9.47 Å². The normalized spacial score (nSPS) is 33.3. The van der Waals surface area contributed by atoms with Crippen LogP contribution in [0.25, 0.3) is 28.8 Å². The number of carbonyl (C=O) groups excluding carboxylic acids is 2. The summed E-state index contributed by atoms with van der Waals surface area (Å²) in [6.45, 7) is 2.58. The van der Waals surface area contributed by atoms with E-state index in [1.165, 1.54) is 5.70 Å². The van der Waals surface area contributed by atoms with Crippen LogP contribution in [0.1, 0.15) is 41.3 Å². The van der Waals surface area contributed by atoms with Gasteiger partial charge in [0.1, 0.15) is 11.2 Å². The van der Waals surface area contributed by atoms with E-state index < -0.39 is 11.8 Å². The van der Waals surface area contributed by atoms with Crippen molar-refractivity contribution in [2.24, 2.45) is 4.99 Å². The number of allylic oxidation sites excluding steroid dienone is 3. The molecular formula is C28H25N4O4+. The number of ketones is 2. The molecule has 36 heavy (non-hydrogen) atoms. The summed E-state index contributed by atoms with van der Waals surface area (Å²) in [6, 6.07) is 0. The largest absolute Gasteiger partial charge is 0.354 e. The third kappa shape index (κ3) is 2.11. The van der Waals surface area contributed by atoms with Crippen molar-refractivity contribution in [3.05, 3.63) is 57.3 Å². The van der Waals surface area contributed by atoms with Crippen LogP contribution in [0, 0.1) is 0 Å². The Morgan fingerprint density at radius 3 is 2.97 bits per heavy atom. The van der Waals surface area contributed by atoms with Gasteiger partial charge in [-0.3, -0.25) is 14.6 Å². The van der Waals surface area contributed by atoms with Gasteiger partial charge in [0.2, 0.25) is 0 Å². The van der Waals surface area contributed by atoms with Gasteiger partial charge in [-0.25, -0.2) is 0 Å². The number of quaternary nitrogens is 1. The number of nitrogens with zero attached hydrogens (tertiary/aromatic N) is 3. The Labute approximate surface area is 206 Å². The number of nitrogens with one attached hydrogen (secondary N) is 1. The van der Waals surface area contributed by atoms with Gasteiger partial charge in [-0.2, -0.15) is 10.0 Å². The zero-order valence-electron chi connectivity index (χ0n) is 20.3. The second-order valence-corrected chi connectivity index (χ2v) is 10.5. The molecule has 1 aromatic carbocycles. The van der Waals surface area contributed by atoms with E-state index in [1.54, 1.807) is 13.2 Å². The molecule has 8 nitrogen and oxygen atoms in total. The number of aromatic nitrogens is 1. The highest BCUT2D eigenvalue weighted by Gasteiger charge is 2.63. The van der Waals surface area contributed by atoms with Crippen molar-refractivity contribution in [1.29, 1.82) is 0 Å². The van der Waals surface area contributed by atoms with Crippen LogP contribution >= 0.6 is 0 Å². The zero-order valence-corrected chi connectivity index (χ0v) is 20.3. The van der Waals surface area contributed by atoms with Gasteiger partial charge < -0.3 is 14.0 Å². The number of ether oxygens (including phenoxy) is 2. The van der Waals surface area contributed by atoms with Crippen molar-refractivity contribution >= 4 is 52.2 Å². The number of fused-ring (bicyclic) bond motifs is 9. The molecule has 0 saturated carbocycles. The second-order valence-electron chi connectivity index (χ2n) is 10.5. The smallest absolute Gasteiger partial charge is 0.253 e. The fourth-order valence-corrected chi connectivity index (χ4v) is 7.55. The molecule has 1 aromatic heterocycles. The summed E-state index contributed by atoms with van der Waals surface area (Å²) in [6.07, 6.45) is 14.0. The highest BCUT2D eigenvalue weighted by molar-refractivity contribution is 6.27. The molecule has 1 saturated heterocycles. The number of carbonyl (C=O) groups is 2. The minimum Gasteiger partial charge on any atom is -0.354 e. The van der Waals surface area contributed by atoms with Crippen molar-refractivity contribution < 1.29 is 19.1 Å². The quantitative estimate of drug-likeness (QED) is 0.400. The molecular weight excluding hydrogens is 456 g/mol. The number of hydrogen-bond donors (Lipinski definition) is 1. The van der Waals surface area contributed by atoms with Crippen molar-refractivity contribution in [3.8, 4) is 0 Å². The molecule has 2 aromatic rings. The molecule has 4 bridgehead atoms.